The molecule has 3 amide bonds. The smallest absolute Gasteiger partial charge is 0.339 e. The molecule has 0 radical (unpaired) electrons. The number of benzene rings is 1. The maximum atomic E-state index is 11.9. The number of hydrogen-bond acceptors (Lipinski definition) is 4. The standard InChI is InChI=1S/C14H18N2O4/c1-4-15-14(19)16-12(17)10(3)20-13(18)11-8-6-5-7-9(11)2/h5-8,10H,4H2,1-3H3,(H2,15,16,17,19). The molecule has 0 aromatic heterocycles. The maximum Gasteiger partial charge on any atom is 0.339 e. The van der Waals surface area contributed by atoms with Crippen molar-refractivity contribution in [1.82, 2.24) is 10.6 Å². The third kappa shape index (κ3) is 4.38. The van der Waals surface area contributed by atoms with Gasteiger partial charge in [-0.3, -0.25) is 10.1 Å². The summed E-state index contributed by atoms with van der Waals surface area (Å²) in [5.41, 5.74) is 1.15. The summed E-state index contributed by atoms with van der Waals surface area (Å²) in [7, 11) is 0. The molecule has 0 heterocycles. The fraction of sp³-hybridized carbons (Fsp3) is 0.357. The monoisotopic (exact) mass is 278 g/mol. The Kier molecular flexibility index (Phi) is 5.71. The van der Waals surface area contributed by atoms with Crippen LogP contribution in [0, 0.1) is 6.92 Å². The molecule has 0 spiro atoms. The SMILES string of the molecule is CCNC(=O)NC(=O)C(C)OC(=O)c1ccccc1C. The predicted octanol–water partition coefficient (Wildman–Crippen LogP) is 1.39. The van der Waals surface area contributed by atoms with Gasteiger partial charge in [-0.1, -0.05) is 18.2 Å². The number of imide groups is 1. The minimum Gasteiger partial charge on any atom is -0.449 e. The molecule has 20 heavy (non-hydrogen) atoms. The van der Waals surface area contributed by atoms with E-state index in [0.717, 1.165) is 5.56 Å². The predicted molar refractivity (Wildman–Crippen MR) is 73.3 cm³/mol. The van der Waals surface area contributed by atoms with Crippen molar-refractivity contribution < 1.29 is 19.1 Å². The molecule has 1 rings (SSSR count). The molecule has 0 aliphatic rings. The Bertz CT molecular complexity index is 514. The van der Waals surface area contributed by atoms with E-state index in [-0.39, 0.29) is 0 Å². The molecule has 1 aromatic carbocycles. The zero-order valence-electron chi connectivity index (χ0n) is 11.7. The van der Waals surface area contributed by atoms with Gasteiger partial charge in [-0.25, -0.2) is 9.59 Å². The Balaban J connectivity index is 2.60. The summed E-state index contributed by atoms with van der Waals surface area (Å²) in [5, 5.41) is 4.50. The van der Waals surface area contributed by atoms with E-state index in [2.05, 4.69) is 10.6 Å². The summed E-state index contributed by atoms with van der Waals surface area (Å²) in [6.07, 6.45) is -1.05. The summed E-state index contributed by atoms with van der Waals surface area (Å²) in [4.78, 5) is 34.7. The van der Waals surface area contributed by atoms with E-state index in [9.17, 15) is 14.4 Å². The second-order valence-corrected chi connectivity index (χ2v) is 4.21. The van der Waals surface area contributed by atoms with Crippen molar-refractivity contribution in [2.24, 2.45) is 0 Å². The molecule has 2 N–H and O–H groups in total. The Hall–Kier alpha value is -2.37. The van der Waals surface area contributed by atoms with Crippen LogP contribution in [0.3, 0.4) is 0 Å². The van der Waals surface area contributed by atoms with Crippen molar-refractivity contribution in [3.8, 4) is 0 Å². The van der Waals surface area contributed by atoms with Crippen molar-refractivity contribution in [1.29, 1.82) is 0 Å². The van der Waals surface area contributed by atoms with Crippen LogP contribution in [0.4, 0.5) is 4.79 Å². The number of amides is 3. The fourth-order valence-electron chi connectivity index (χ4n) is 1.50. The lowest BCUT2D eigenvalue weighted by molar-refractivity contribution is -0.127. The van der Waals surface area contributed by atoms with E-state index in [4.69, 9.17) is 4.74 Å². The van der Waals surface area contributed by atoms with E-state index >= 15 is 0 Å². The van der Waals surface area contributed by atoms with Gasteiger partial charge in [0.25, 0.3) is 5.91 Å². The topological polar surface area (TPSA) is 84.5 Å². The normalized spacial score (nSPS) is 11.3. The first-order valence-electron chi connectivity index (χ1n) is 6.31. The van der Waals surface area contributed by atoms with Crippen LogP contribution < -0.4 is 10.6 Å². The highest BCUT2D eigenvalue weighted by molar-refractivity contribution is 5.98. The Morgan fingerprint density at radius 3 is 2.50 bits per heavy atom. The van der Waals surface area contributed by atoms with Crippen LogP contribution >= 0.6 is 0 Å². The second kappa shape index (κ2) is 7.28. The average molecular weight is 278 g/mol. The van der Waals surface area contributed by atoms with E-state index in [0.29, 0.717) is 12.1 Å². The molecular weight excluding hydrogens is 260 g/mol. The van der Waals surface area contributed by atoms with E-state index in [1.54, 1.807) is 38.1 Å². The number of ether oxygens (including phenoxy) is 1. The van der Waals surface area contributed by atoms with Gasteiger partial charge in [0.05, 0.1) is 5.56 Å². The van der Waals surface area contributed by atoms with Gasteiger partial charge in [0.2, 0.25) is 0 Å². The third-order valence-corrected chi connectivity index (χ3v) is 2.59. The molecule has 108 valence electrons. The van der Waals surface area contributed by atoms with E-state index in [1.807, 2.05) is 0 Å². The molecular formula is C14H18N2O4. The molecule has 1 atom stereocenters. The lowest BCUT2D eigenvalue weighted by Gasteiger charge is -2.13. The third-order valence-electron chi connectivity index (χ3n) is 2.59. The summed E-state index contributed by atoms with van der Waals surface area (Å²) in [5.74, 6) is -1.26. The zero-order valence-corrected chi connectivity index (χ0v) is 11.7. The molecule has 0 aliphatic carbocycles. The second-order valence-electron chi connectivity index (χ2n) is 4.21. The average Bonchev–Trinajstić information content (AvgIpc) is 2.39. The van der Waals surface area contributed by atoms with Crippen LogP contribution in [-0.2, 0) is 9.53 Å². The largest absolute Gasteiger partial charge is 0.449 e. The first-order chi connectivity index (χ1) is 9.45. The van der Waals surface area contributed by atoms with Crippen molar-refractivity contribution >= 4 is 17.9 Å². The first-order valence-corrected chi connectivity index (χ1v) is 6.31. The lowest BCUT2D eigenvalue weighted by Crippen LogP contribution is -2.44. The fourth-order valence-corrected chi connectivity index (χ4v) is 1.50. The Morgan fingerprint density at radius 1 is 1.25 bits per heavy atom. The maximum absolute atomic E-state index is 11.9. The summed E-state index contributed by atoms with van der Waals surface area (Å²) >= 11 is 0. The van der Waals surface area contributed by atoms with Crippen LogP contribution in [0.2, 0.25) is 0 Å². The van der Waals surface area contributed by atoms with E-state index in [1.165, 1.54) is 6.92 Å². The van der Waals surface area contributed by atoms with Gasteiger partial charge in [-0.05, 0) is 32.4 Å². The van der Waals surface area contributed by atoms with Gasteiger partial charge >= 0.3 is 12.0 Å². The molecule has 0 bridgehead atoms. The summed E-state index contributed by atoms with van der Waals surface area (Å²) < 4.78 is 5.03. The number of nitrogens with one attached hydrogen (secondary N) is 2. The van der Waals surface area contributed by atoms with Crippen LogP contribution in [0.1, 0.15) is 29.8 Å². The number of esters is 1. The molecule has 0 aliphatic heterocycles. The molecule has 0 saturated carbocycles. The minimum absolute atomic E-state index is 0.394. The van der Waals surface area contributed by atoms with Gasteiger partial charge in [-0.2, -0.15) is 0 Å². The minimum atomic E-state index is -1.05. The molecule has 6 heteroatoms. The number of rotatable bonds is 4. The van der Waals surface area contributed by atoms with Crippen molar-refractivity contribution in [3.05, 3.63) is 35.4 Å². The summed E-state index contributed by atoms with van der Waals surface area (Å²) in [6, 6.07) is 6.29. The van der Waals surface area contributed by atoms with E-state index < -0.39 is 24.0 Å². The Morgan fingerprint density at radius 2 is 1.90 bits per heavy atom. The van der Waals surface area contributed by atoms with Crippen LogP contribution in [-0.4, -0.2) is 30.6 Å². The Labute approximate surface area is 117 Å². The highest BCUT2D eigenvalue weighted by Crippen LogP contribution is 2.09. The number of aryl methyl sites for hydroxylation is 1. The molecule has 1 unspecified atom stereocenters. The van der Waals surface area contributed by atoms with Crippen molar-refractivity contribution in [3.63, 3.8) is 0 Å². The van der Waals surface area contributed by atoms with Gasteiger partial charge in [-0.15, -0.1) is 0 Å². The molecule has 1 aromatic rings. The van der Waals surface area contributed by atoms with Gasteiger partial charge < -0.3 is 10.1 Å². The van der Waals surface area contributed by atoms with Crippen molar-refractivity contribution in [2.45, 2.75) is 26.9 Å². The number of carbonyl (C=O) groups is 3. The quantitative estimate of drug-likeness (QED) is 0.815. The number of hydrogen-bond donors (Lipinski definition) is 2. The highest BCUT2D eigenvalue weighted by Gasteiger charge is 2.21. The van der Waals surface area contributed by atoms with Crippen LogP contribution in [0.5, 0.6) is 0 Å². The van der Waals surface area contributed by atoms with Crippen LogP contribution in [0.15, 0.2) is 24.3 Å². The highest BCUT2D eigenvalue weighted by atomic mass is 16.5. The molecule has 6 nitrogen and oxygen atoms in total. The summed E-state index contributed by atoms with van der Waals surface area (Å²) in [6.45, 7) is 5.31. The first kappa shape index (κ1) is 15.7. The van der Waals surface area contributed by atoms with Crippen LogP contribution in [0.25, 0.3) is 0 Å². The van der Waals surface area contributed by atoms with Gasteiger partial charge in [0.1, 0.15) is 0 Å². The molecule has 0 fully saturated rings. The van der Waals surface area contributed by atoms with Gasteiger partial charge in [0.15, 0.2) is 6.10 Å². The number of carbonyl (C=O) groups excluding carboxylic acids is 3. The zero-order chi connectivity index (χ0) is 15.1. The van der Waals surface area contributed by atoms with Crippen molar-refractivity contribution in [2.75, 3.05) is 6.54 Å². The van der Waals surface area contributed by atoms with Gasteiger partial charge in [0, 0.05) is 6.54 Å². The number of urea groups is 1. The molecule has 0 saturated heterocycles. The lowest BCUT2D eigenvalue weighted by atomic mass is 10.1.